The van der Waals surface area contributed by atoms with Crippen molar-refractivity contribution in [1.82, 2.24) is 0 Å². The molecule has 24 heavy (non-hydrogen) atoms. The van der Waals surface area contributed by atoms with Gasteiger partial charge in [0.1, 0.15) is 0 Å². The molecule has 0 spiro atoms. The maximum Gasteiger partial charge on any atom is 0.248 e. The van der Waals surface area contributed by atoms with Crippen molar-refractivity contribution in [1.29, 1.82) is 0 Å². The van der Waals surface area contributed by atoms with Gasteiger partial charge < -0.3 is 15.2 Å². The Morgan fingerprint density at radius 2 is 1.46 bits per heavy atom. The summed E-state index contributed by atoms with van der Waals surface area (Å²) in [6, 6.07) is -0.350. The first-order valence-electron chi connectivity index (χ1n) is 8.91. The summed E-state index contributed by atoms with van der Waals surface area (Å²) in [5, 5.41) is 0. The van der Waals surface area contributed by atoms with E-state index in [-0.39, 0.29) is 56.5 Å². The summed E-state index contributed by atoms with van der Waals surface area (Å²) in [6.07, 6.45) is 0.825. The number of nitrogens with two attached hydrogens (primary N) is 1. The van der Waals surface area contributed by atoms with Gasteiger partial charge in [0.15, 0.2) is 0 Å². The Hall–Kier alpha value is -0.400. The van der Waals surface area contributed by atoms with Gasteiger partial charge in [-0.25, -0.2) is 17.6 Å². The van der Waals surface area contributed by atoms with Crippen molar-refractivity contribution >= 4 is 0 Å². The number of hydrogen-bond acceptors (Lipinski definition) is 3. The summed E-state index contributed by atoms with van der Waals surface area (Å²) in [5.74, 6) is -4.93. The molecule has 2 atom stereocenters. The maximum absolute atomic E-state index is 13.1. The first-order chi connectivity index (χ1) is 11.2. The molecule has 2 N–H and O–H groups in total. The summed E-state index contributed by atoms with van der Waals surface area (Å²) in [4.78, 5) is 0. The minimum atomic E-state index is -2.56. The van der Waals surface area contributed by atoms with Crippen LogP contribution in [-0.4, -0.2) is 43.3 Å². The maximum atomic E-state index is 13.1. The molecule has 0 unspecified atom stereocenters. The molecule has 0 heterocycles. The van der Waals surface area contributed by atoms with Crippen LogP contribution in [0.5, 0.6) is 0 Å². The number of rotatable bonds is 7. The van der Waals surface area contributed by atoms with E-state index in [2.05, 4.69) is 0 Å². The van der Waals surface area contributed by atoms with Crippen molar-refractivity contribution in [3.05, 3.63) is 0 Å². The van der Waals surface area contributed by atoms with Gasteiger partial charge in [0.2, 0.25) is 11.8 Å². The van der Waals surface area contributed by atoms with E-state index in [1.54, 1.807) is 0 Å². The zero-order valence-electron chi connectivity index (χ0n) is 14.3. The van der Waals surface area contributed by atoms with E-state index >= 15 is 0 Å². The van der Waals surface area contributed by atoms with E-state index in [4.69, 9.17) is 15.2 Å². The Morgan fingerprint density at radius 1 is 0.958 bits per heavy atom. The van der Waals surface area contributed by atoms with Crippen LogP contribution in [-0.2, 0) is 9.47 Å². The molecule has 2 saturated carbocycles. The molecule has 7 heteroatoms. The Balaban J connectivity index is 1.59. The normalized spacial score (nSPS) is 27.8. The predicted octanol–water partition coefficient (Wildman–Crippen LogP) is 4.14. The zero-order valence-corrected chi connectivity index (χ0v) is 14.3. The smallest absolute Gasteiger partial charge is 0.248 e. The van der Waals surface area contributed by atoms with Gasteiger partial charge in [0.25, 0.3) is 0 Å². The predicted molar refractivity (Wildman–Crippen MR) is 83.4 cm³/mol. The van der Waals surface area contributed by atoms with E-state index in [1.807, 2.05) is 6.92 Å². The van der Waals surface area contributed by atoms with E-state index < -0.39 is 11.8 Å². The molecule has 0 saturated heterocycles. The summed E-state index contributed by atoms with van der Waals surface area (Å²) in [7, 11) is 0. The van der Waals surface area contributed by atoms with Gasteiger partial charge >= 0.3 is 0 Å². The largest absolute Gasteiger partial charge is 0.377 e. The fourth-order valence-corrected chi connectivity index (χ4v) is 3.24. The average molecular weight is 355 g/mol. The average Bonchev–Trinajstić information content (AvgIpc) is 2.52. The van der Waals surface area contributed by atoms with Crippen molar-refractivity contribution in [2.45, 2.75) is 88.4 Å². The molecule has 0 bridgehead atoms. The van der Waals surface area contributed by atoms with Gasteiger partial charge in [0, 0.05) is 32.3 Å². The van der Waals surface area contributed by atoms with Crippen LogP contribution < -0.4 is 5.73 Å². The highest BCUT2D eigenvalue weighted by molar-refractivity contribution is 4.80. The molecule has 3 nitrogen and oxygen atoms in total. The quantitative estimate of drug-likeness (QED) is 0.698. The van der Waals surface area contributed by atoms with Crippen LogP contribution >= 0.6 is 0 Å². The number of alkyl halides is 4. The van der Waals surface area contributed by atoms with Crippen LogP contribution in [0.25, 0.3) is 0 Å². The molecule has 2 fully saturated rings. The van der Waals surface area contributed by atoms with Crippen LogP contribution in [0, 0.1) is 5.92 Å². The van der Waals surface area contributed by atoms with Crippen LogP contribution in [0.4, 0.5) is 17.6 Å². The molecule has 0 aromatic rings. The molecule has 0 aromatic carbocycles. The Kier molecular flexibility index (Phi) is 6.90. The van der Waals surface area contributed by atoms with E-state index in [1.165, 1.54) is 0 Å². The second-order valence-electron chi connectivity index (χ2n) is 7.39. The molecule has 0 aromatic heterocycles. The number of ether oxygens (including phenoxy) is 2. The van der Waals surface area contributed by atoms with Gasteiger partial charge in [-0.1, -0.05) is 0 Å². The summed E-state index contributed by atoms with van der Waals surface area (Å²) >= 11 is 0. The van der Waals surface area contributed by atoms with Gasteiger partial charge in [-0.05, 0) is 38.5 Å². The molecular weight excluding hydrogens is 326 g/mol. The SMILES string of the molecule is C[C@@H](OCC1CCC(F)(F)CC1)[C@H](N)COC1CCC(F)(F)CC1. The molecule has 2 aliphatic carbocycles. The minimum absolute atomic E-state index is 0.0725. The minimum Gasteiger partial charge on any atom is -0.377 e. The van der Waals surface area contributed by atoms with Crippen molar-refractivity contribution in [3.8, 4) is 0 Å². The molecule has 142 valence electrons. The van der Waals surface area contributed by atoms with Gasteiger partial charge in [-0.3, -0.25) is 0 Å². The van der Waals surface area contributed by atoms with E-state index in [0.29, 0.717) is 32.3 Å². The standard InChI is InChI=1S/C17H29F4NO2/c1-12(23-10-13-2-6-16(18,19)7-3-13)15(22)11-24-14-4-8-17(20,21)9-5-14/h12-15H,2-11,22H2,1H3/t12-,15-/m1/s1. The lowest BCUT2D eigenvalue weighted by molar-refractivity contribution is -0.0906. The third kappa shape index (κ3) is 6.48. The second-order valence-corrected chi connectivity index (χ2v) is 7.39. The van der Waals surface area contributed by atoms with Crippen LogP contribution in [0.3, 0.4) is 0 Å². The lowest BCUT2D eigenvalue weighted by atomic mass is 9.87. The van der Waals surface area contributed by atoms with Crippen molar-refractivity contribution in [2.24, 2.45) is 11.7 Å². The Labute approximate surface area is 141 Å². The lowest BCUT2D eigenvalue weighted by Gasteiger charge is -2.31. The molecule has 2 aliphatic rings. The third-order valence-corrected chi connectivity index (χ3v) is 5.22. The second kappa shape index (κ2) is 8.32. The topological polar surface area (TPSA) is 44.5 Å². The Bertz CT molecular complexity index is 339. The first kappa shape index (κ1) is 19.9. The summed E-state index contributed by atoms with van der Waals surface area (Å²) in [6.45, 7) is 2.53. The van der Waals surface area contributed by atoms with Crippen molar-refractivity contribution < 1.29 is 27.0 Å². The number of halogens is 4. The highest BCUT2D eigenvalue weighted by atomic mass is 19.3. The molecule has 2 rings (SSSR count). The highest BCUT2D eigenvalue weighted by Crippen LogP contribution is 2.36. The summed E-state index contributed by atoms with van der Waals surface area (Å²) < 4.78 is 63.7. The third-order valence-electron chi connectivity index (χ3n) is 5.22. The van der Waals surface area contributed by atoms with Crippen LogP contribution in [0.1, 0.15) is 58.3 Å². The van der Waals surface area contributed by atoms with Crippen molar-refractivity contribution in [2.75, 3.05) is 13.2 Å². The first-order valence-corrected chi connectivity index (χ1v) is 8.91. The summed E-state index contributed by atoms with van der Waals surface area (Å²) in [5.41, 5.74) is 6.03. The Morgan fingerprint density at radius 3 is 2.00 bits per heavy atom. The van der Waals surface area contributed by atoms with E-state index in [9.17, 15) is 17.6 Å². The molecule has 0 aliphatic heterocycles. The lowest BCUT2D eigenvalue weighted by Crippen LogP contribution is -2.41. The van der Waals surface area contributed by atoms with Gasteiger partial charge in [-0.15, -0.1) is 0 Å². The molecule has 0 radical (unpaired) electrons. The van der Waals surface area contributed by atoms with Crippen LogP contribution in [0.2, 0.25) is 0 Å². The van der Waals surface area contributed by atoms with Crippen LogP contribution in [0.15, 0.2) is 0 Å². The van der Waals surface area contributed by atoms with Gasteiger partial charge in [-0.2, -0.15) is 0 Å². The monoisotopic (exact) mass is 355 g/mol. The van der Waals surface area contributed by atoms with E-state index in [0.717, 1.165) is 0 Å². The fourth-order valence-electron chi connectivity index (χ4n) is 3.24. The van der Waals surface area contributed by atoms with Crippen molar-refractivity contribution in [3.63, 3.8) is 0 Å². The zero-order chi connectivity index (χ0) is 17.8. The molecule has 0 amide bonds. The van der Waals surface area contributed by atoms with Gasteiger partial charge in [0.05, 0.1) is 24.9 Å². The number of hydrogen-bond donors (Lipinski definition) is 1. The molecular formula is C17H29F4NO2. The fraction of sp³-hybridized carbons (Fsp3) is 1.00. The highest BCUT2D eigenvalue weighted by Gasteiger charge is 2.36.